The van der Waals surface area contributed by atoms with Gasteiger partial charge >= 0.3 is 5.97 Å². The minimum absolute atomic E-state index is 0.169. The zero-order chi connectivity index (χ0) is 15.4. The van der Waals surface area contributed by atoms with E-state index < -0.39 is 12.1 Å². The second kappa shape index (κ2) is 6.64. The molecule has 2 N–H and O–H groups in total. The number of hydrogen-bond acceptors (Lipinski definition) is 5. The summed E-state index contributed by atoms with van der Waals surface area (Å²) < 4.78 is 9.94. The van der Waals surface area contributed by atoms with Gasteiger partial charge in [-0.2, -0.15) is 0 Å². The predicted molar refractivity (Wildman–Crippen MR) is 80.0 cm³/mol. The molecule has 6 nitrogen and oxygen atoms in total. The summed E-state index contributed by atoms with van der Waals surface area (Å²) in [5, 5.41) is 0. The fraction of sp³-hybridized carbons (Fsp3) is 0.357. The summed E-state index contributed by atoms with van der Waals surface area (Å²) in [6.07, 6.45) is -0.744. The lowest BCUT2D eigenvalue weighted by Gasteiger charge is -2.31. The van der Waals surface area contributed by atoms with Crippen molar-refractivity contribution in [2.24, 2.45) is 5.73 Å². The molecule has 0 aliphatic carbocycles. The third-order valence-electron chi connectivity index (χ3n) is 3.21. The molecule has 0 aromatic heterocycles. The van der Waals surface area contributed by atoms with E-state index in [0.29, 0.717) is 24.3 Å². The quantitative estimate of drug-likeness (QED) is 0.640. The molecule has 1 amide bonds. The van der Waals surface area contributed by atoms with Crippen LogP contribution in [-0.2, 0) is 14.3 Å². The number of nitrogens with zero attached hydrogens (tertiary/aromatic N) is 1. The number of esters is 1. The minimum atomic E-state index is -0.744. The van der Waals surface area contributed by atoms with E-state index >= 15 is 0 Å². The highest BCUT2D eigenvalue weighted by molar-refractivity contribution is 7.80. The van der Waals surface area contributed by atoms with Gasteiger partial charge in [0.2, 0.25) is 0 Å². The monoisotopic (exact) mass is 308 g/mol. The Morgan fingerprint density at radius 3 is 2.81 bits per heavy atom. The van der Waals surface area contributed by atoms with E-state index in [1.54, 1.807) is 29.2 Å². The van der Waals surface area contributed by atoms with Crippen molar-refractivity contribution < 1.29 is 19.1 Å². The van der Waals surface area contributed by atoms with Crippen molar-refractivity contribution in [3.05, 3.63) is 35.4 Å². The number of benzene rings is 1. The van der Waals surface area contributed by atoms with Crippen LogP contribution in [0.15, 0.2) is 24.3 Å². The second-order valence-corrected chi connectivity index (χ2v) is 5.02. The number of methoxy groups -OCH3 is 1. The molecule has 1 atom stereocenters. The number of hydrogen-bond donors (Lipinski definition) is 1. The Kier molecular flexibility index (Phi) is 4.87. The van der Waals surface area contributed by atoms with Crippen molar-refractivity contribution in [3.8, 4) is 0 Å². The lowest BCUT2D eigenvalue weighted by molar-refractivity contribution is -0.158. The fourth-order valence-electron chi connectivity index (χ4n) is 2.10. The molecule has 21 heavy (non-hydrogen) atoms. The normalized spacial score (nSPS) is 18.1. The van der Waals surface area contributed by atoms with E-state index in [1.807, 2.05) is 0 Å². The molecule has 7 heteroatoms. The third-order valence-corrected chi connectivity index (χ3v) is 3.45. The van der Waals surface area contributed by atoms with E-state index in [9.17, 15) is 9.59 Å². The summed E-state index contributed by atoms with van der Waals surface area (Å²) in [7, 11) is 1.29. The van der Waals surface area contributed by atoms with Crippen molar-refractivity contribution in [1.29, 1.82) is 0 Å². The number of thiocarbonyl (C=S) groups is 1. The maximum Gasteiger partial charge on any atom is 0.336 e. The number of carbonyl (C=O) groups is 2. The number of amides is 1. The summed E-state index contributed by atoms with van der Waals surface area (Å²) in [6, 6.07) is 6.80. The molecule has 1 aromatic rings. The van der Waals surface area contributed by atoms with Crippen molar-refractivity contribution in [3.63, 3.8) is 0 Å². The Hall–Kier alpha value is -1.99. The van der Waals surface area contributed by atoms with E-state index in [0.717, 1.165) is 0 Å². The largest absolute Gasteiger partial charge is 0.467 e. The average molecular weight is 308 g/mol. The van der Waals surface area contributed by atoms with Crippen LogP contribution in [0.2, 0.25) is 0 Å². The maximum absolute atomic E-state index is 12.5. The third kappa shape index (κ3) is 3.56. The number of morpholine rings is 1. The first-order chi connectivity index (χ1) is 10.0. The fourth-order valence-corrected chi connectivity index (χ4v) is 2.22. The number of carbonyl (C=O) groups excluding carboxylic acids is 2. The lowest BCUT2D eigenvalue weighted by Crippen LogP contribution is -2.48. The molecule has 1 heterocycles. The number of ether oxygens (including phenoxy) is 2. The first-order valence-corrected chi connectivity index (χ1v) is 6.82. The van der Waals surface area contributed by atoms with Crippen LogP contribution in [0.5, 0.6) is 0 Å². The van der Waals surface area contributed by atoms with Gasteiger partial charge in [-0.1, -0.05) is 24.4 Å². The summed E-state index contributed by atoms with van der Waals surface area (Å²) >= 11 is 4.91. The van der Waals surface area contributed by atoms with Gasteiger partial charge < -0.3 is 20.1 Å². The van der Waals surface area contributed by atoms with Crippen LogP contribution in [-0.4, -0.2) is 54.7 Å². The molecule has 1 unspecified atom stereocenters. The van der Waals surface area contributed by atoms with E-state index in [2.05, 4.69) is 4.74 Å². The van der Waals surface area contributed by atoms with Gasteiger partial charge in [0, 0.05) is 17.7 Å². The smallest absolute Gasteiger partial charge is 0.336 e. The number of rotatable bonds is 3. The lowest BCUT2D eigenvalue weighted by atomic mass is 10.1. The van der Waals surface area contributed by atoms with Gasteiger partial charge in [-0.25, -0.2) is 4.79 Å². The van der Waals surface area contributed by atoms with E-state index in [-0.39, 0.29) is 17.4 Å². The van der Waals surface area contributed by atoms with Crippen LogP contribution in [0, 0.1) is 0 Å². The Labute approximate surface area is 127 Å². The maximum atomic E-state index is 12.5. The van der Waals surface area contributed by atoms with Crippen LogP contribution >= 0.6 is 12.2 Å². The van der Waals surface area contributed by atoms with Gasteiger partial charge in [-0.3, -0.25) is 4.79 Å². The number of nitrogens with two attached hydrogens (primary N) is 1. The Morgan fingerprint density at radius 2 is 2.14 bits per heavy atom. The van der Waals surface area contributed by atoms with Crippen LogP contribution < -0.4 is 5.73 Å². The summed E-state index contributed by atoms with van der Waals surface area (Å²) in [5.74, 6) is -0.672. The minimum Gasteiger partial charge on any atom is -0.467 e. The van der Waals surface area contributed by atoms with Crippen molar-refractivity contribution in [1.82, 2.24) is 4.90 Å². The van der Waals surface area contributed by atoms with E-state index in [1.165, 1.54) is 7.11 Å². The van der Waals surface area contributed by atoms with Gasteiger partial charge in [-0.05, 0) is 12.1 Å². The summed E-state index contributed by atoms with van der Waals surface area (Å²) in [4.78, 5) is 25.8. The molecule has 1 aliphatic rings. The molecular formula is C14H16N2O4S. The summed E-state index contributed by atoms with van der Waals surface area (Å²) in [5.41, 5.74) is 6.68. The SMILES string of the molecule is COC(=O)C1CN(C(=O)c2cccc(C(N)=S)c2)CCO1. The highest BCUT2D eigenvalue weighted by Crippen LogP contribution is 2.13. The van der Waals surface area contributed by atoms with Gasteiger partial charge in [-0.15, -0.1) is 0 Å². The van der Waals surface area contributed by atoms with Gasteiger partial charge in [0.25, 0.3) is 5.91 Å². The molecule has 1 saturated heterocycles. The van der Waals surface area contributed by atoms with Crippen LogP contribution in [0.25, 0.3) is 0 Å². The average Bonchev–Trinajstić information content (AvgIpc) is 2.53. The molecular weight excluding hydrogens is 292 g/mol. The highest BCUT2D eigenvalue weighted by atomic mass is 32.1. The van der Waals surface area contributed by atoms with Crippen LogP contribution in [0.1, 0.15) is 15.9 Å². The van der Waals surface area contributed by atoms with Gasteiger partial charge in [0.15, 0.2) is 6.10 Å². The zero-order valence-electron chi connectivity index (χ0n) is 11.6. The first-order valence-electron chi connectivity index (χ1n) is 6.41. The molecule has 1 fully saturated rings. The van der Waals surface area contributed by atoms with Gasteiger partial charge in [0.05, 0.1) is 20.3 Å². The molecule has 0 bridgehead atoms. The molecule has 2 rings (SSSR count). The van der Waals surface area contributed by atoms with Crippen LogP contribution in [0.3, 0.4) is 0 Å². The molecule has 0 spiro atoms. The molecule has 1 aromatic carbocycles. The Balaban J connectivity index is 2.14. The molecule has 1 aliphatic heterocycles. The Morgan fingerprint density at radius 1 is 1.43 bits per heavy atom. The zero-order valence-corrected chi connectivity index (χ0v) is 12.4. The highest BCUT2D eigenvalue weighted by Gasteiger charge is 2.30. The molecule has 112 valence electrons. The van der Waals surface area contributed by atoms with Crippen molar-refractivity contribution >= 4 is 29.1 Å². The second-order valence-electron chi connectivity index (χ2n) is 4.58. The predicted octanol–water partition coefficient (Wildman–Crippen LogP) is 0.335. The first kappa shape index (κ1) is 15.4. The van der Waals surface area contributed by atoms with Crippen LogP contribution in [0.4, 0.5) is 0 Å². The molecule has 0 saturated carbocycles. The Bertz CT molecular complexity index is 576. The standard InChI is InChI=1S/C14H16N2O4S/c1-19-14(18)11-8-16(5-6-20-11)13(17)10-4-2-3-9(7-10)12(15)21/h2-4,7,11H,5-6,8H2,1H3,(H2,15,21). The van der Waals surface area contributed by atoms with Crippen molar-refractivity contribution in [2.75, 3.05) is 26.8 Å². The molecule has 0 radical (unpaired) electrons. The topological polar surface area (TPSA) is 81.9 Å². The van der Waals surface area contributed by atoms with Crippen molar-refractivity contribution in [2.45, 2.75) is 6.10 Å². The van der Waals surface area contributed by atoms with Gasteiger partial charge in [0.1, 0.15) is 4.99 Å². The van der Waals surface area contributed by atoms with E-state index in [4.69, 9.17) is 22.7 Å². The summed E-state index contributed by atoms with van der Waals surface area (Å²) in [6.45, 7) is 0.882.